The minimum atomic E-state index is -0.184. The van der Waals surface area contributed by atoms with Crippen LogP contribution in [0.3, 0.4) is 0 Å². The molecule has 2 nitrogen and oxygen atoms in total. The zero-order valence-electron chi connectivity index (χ0n) is 11.3. The second-order valence-corrected chi connectivity index (χ2v) is 5.42. The number of hydrogen-bond donors (Lipinski definition) is 1. The molecule has 1 aromatic carbocycles. The average Bonchev–Trinajstić information content (AvgIpc) is 2.42. The van der Waals surface area contributed by atoms with E-state index in [1.54, 1.807) is 0 Å². The molecule has 0 spiro atoms. The van der Waals surface area contributed by atoms with Gasteiger partial charge in [0.25, 0.3) is 0 Å². The largest absolute Gasteiger partial charge is 0.493 e. The van der Waals surface area contributed by atoms with Crippen LogP contribution in [-0.4, -0.2) is 17.8 Å². The zero-order valence-corrected chi connectivity index (χ0v) is 11.3. The van der Waals surface area contributed by atoms with Gasteiger partial charge in [0.2, 0.25) is 0 Å². The molecule has 0 amide bonds. The molecule has 1 aromatic rings. The average molecular weight is 248 g/mol. The number of benzene rings is 1. The summed E-state index contributed by atoms with van der Waals surface area (Å²) in [4.78, 5) is 0. The standard InChI is InChI=1S/C16H24O2/c1-13-7-9-15(10-8-13)18-12-11-16(17)14-5-3-2-4-6-14/h7-10,14,16-17H,2-6,11-12H2,1H3. The Hall–Kier alpha value is -1.02. The van der Waals surface area contributed by atoms with Crippen molar-refractivity contribution in [3.63, 3.8) is 0 Å². The maximum atomic E-state index is 10.1. The third-order valence-corrected chi connectivity index (χ3v) is 3.90. The Kier molecular flexibility index (Phi) is 5.06. The molecule has 1 unspecified atom stereocenters. The molecular formula is C16H24O2. The van der Waals surface area contributed by atoms with Gasteiger partial charge in [-0.05, 0) is 37.8 Å². The highest BCUT2D eigenvalue weighted by molar-refractivity contribution is 5.26. The van der Waals surface area contributed by atoms with Crippen LogP contribution in [0.1, 0.15) is 44.1 Å². The van der Waals surface area contributed by atoms with Gasteiger partial charge in [-0.15, -0.1) is 0 Å². The Morgan fingerprint density at radius 1 is 1.17 bits per heavy atom. The van der Waals surface area contributed by atoms with Crippen LogP contribution in [0.15, 0.2) is 24.3 Å². The lowest BCUT2D eigenvalue weighted by Crippen LogP contribution is -2.24. The molecule has 100 valence electrons. The van der Waals surface area contributed by atoms with Gasteiger partial charge in [0, 0.05) is 6.42 Å². The number of ether oxygens (including phenoxy) is 1. The van der Waals surface area contributed by atoms with Crippen molar-refractivity contribution in [1.82, 2.24) is 0 Å². The van der Waals surface area contributed by atoms with Crippen LogP contribution < -0.4 is 4.74 Å². The Balaban J connectivity index is 1.69. The maximum Gasteiger partial charge on any atom is 0.119 e. The topological polar surface area (TPSA) is 29.5 Å². The summed E-state index contributed by atoms with van der Waals surface area (Å²) >= 11 is 0. The summed E-state index contributed by atoms with van der Waals surface area (Å²) < 4.78 is 5.66. The quantitative estimate of drug-likeness (QED) is 0.861. The van der Waals surface area contributed by atoms with Gasteiger partial charge in [-0.2, -0.15) is 0 Å². The number of aliphatic hydroxyl groups excluding tert-OH is 1. The molecule has 0 aromatic heterocycles. The molecule has 2 rings (SSSR count). The summed E-state index contributed by atoms with van der Waals surface area (Å²) in [5.41, 5.74) is 1.24. The van der Waals surface area contributed by atoms with E-state index in [1.165, 1.54) is 37.7 Å². The van der Waals surface area contributed by atoms with E-state index in [9.17, 15) is 5.11 Å². The smallest absolute Gasteiger partial charge is 0.119 e. The van der Waals surface area contributed by atoms with Crippen LogP contribution in [0.2, 0.25) is 0 Å². The summed E-state index contributed by atoms with van der Waals surface area (Å²) in [5, 5.41) is 10.1. The first kappa shape index (κ1) is 13.4. The first-order valence-electron chi connectivity index (χ1n) is 7.13. The molecule has 0 aliphatic heterocycles. The third-order valence-electron chi connectivity index (χ3n) is 3.90. The van der Waals surface area contributed by atoms with Crippen LogP contribution in [0.5, 0.6) is 5.75 Å². The number of aryl methyl sites for hydroxylation is 1. The van der Waals surface area contributed by atoms with Crippen molar-refractivity contribution in [2.45, 2.75) is 51.6 Å². The predicted molar refractivity (Wildman–Crippen MR) is 73.9 cm³/mol. The van der Waals surface area contributed by atoms with Gasteiger partial charge < -0.3 is 9.84 Å². The highest BCUT2D eigenvalue weighted by Crippen LogP contribution is 2.27. The summed E-state index contributed by atoms with van der Waals surface area (Å²) in [5.74, 6) is 1.40. The van der Waals surface area contributed by atoms with Crippen LogP contribution in [-0.2, 0) is 0 Å². The first-order chi connectivity index (χ1) is 8.75. The highest BCUT2D eigenvalue weighted by Gasteiger charge is 2.21. The van der Waals surface area contributed by atoms with Crippen LogP contribution in [0, 0.1) is 12.8 Å². The van der Waals surface area contributed by atoms with Gasteiger partial charge >= 0.3 is 0 Å². The second-order valence-electron chi connectivity index (χ2n) is 5.42. The minimum absolute atomic E-state index is 0.184. The highest BCUT2D eigenvalue weighted by atomic mass is 16.5. The lowest BCUT2D eigenvalue weighted by molar-refractivity contribution is 0.0641. The molecule has 1 aliphatic rings. The number of hydrogen-bond acceptors (Lipinski definition) is 2. The summed E-state index contributed by atoms with van der Waals surface area (Å²) in [6.45, 7) is 2.68. The summed E-state index contributed by atoms with van der Waals surface area (Å²) in [6.07, 6.45) is 6.83. The zero-order chi connectivity index (χ0) is 12.8. The van der Waals surface area contributed by atoms with Crippen molar-refractivity contribution < 1.29 is 9.84 Å². The van der Waals surface area contributed by atoms with Crippen molar-refractivity contribution in [2.24, 2.45) is 5.92 Å². The Labute approximate surface area is 110 Å². The van der Waals surface area contributed by atoms with E-state index < -0.39 is 0 Å². The van der Waals surface area contributed by atoms with Gasteiger partial charge in [0.15, 0.2) is 0 Å². The number of rotatable bonds is 5. The molecule has 0 heterocycles. The van der Waals surface area contributed by atoms with Crippen molar-refractivity contribution in [3.8, 4) is 5.75 Å². The molecule has 1 aliphatic carbocycles. The molecule has 2 heteroatoms. The van der Waals surface area contributed by atoms with Crippen LogP contribution in [0.25, 0.3) is 0 Å². The van der Waals surface area contributed by atoms with Gasteiger partial charge in [0.05, 0.1) is 12.7 Å². The van der Waals surface area contributed by atoms with Gasteiger partial charge in [-0.25, -0.2) is 0 Å². The molecule has 0 radical (unpaired) electrons. The summed E-state index contributed by atoms with van der Waals surface area (Å²) in [7, 11) is 0. The van der Waals surface area contributed by atoms with Crippen LogP contribution in [0.4, 0.5) is 0 Å². The predicted octanol–water partition coefficient (Wildman–Crippen LogP) is 3.71. The minimum Gasteiger partial charge on any atom is -0.493 e. The Morgan fingerprint density at radius 2 is 1.83 bits per heavy atom. The van der Waals surface area contributed by atoms with E-state index >= 15 is 0 Å². The van der Waals surface area contributed by atoms with E-state index in [1.807, 2.05) is 24.3 Å². The Bertz CT molecular complexity index is 339. The molecule has 0 bridgehead atoms. The van der Waals surface area contributed by atoms with E-state index in [2.05, 4.69) is 6.92 Å². The fourth-order valence-corrected chi connectivity index (χ4v) is 2.69. The van der Waals surface area contributed by atoms with E-state index in [-0.39, 0.29) is 6.10 Å². The Morgan fingerprint density at radius 3 is 2.50 bits per heavy atom. The third kappa shape index (κ3) is 4.02. The van der Waals surface area contributed by atoms with Gasteiger partial charge in [0.1, 0.15) is 5.75 Å². The van der Waals surface area contributed by atoms with Crippen molar-refractivity contribution in [2.75, 3.05) is 6.61 Å². The van der Waals surface area contributed by atoms with E-state index in [0.29, 0.717) is 12.5 Å². The molecule has 0 saturated heterocycles. The number of aliphatic hydroxyl groups is 1. The fourth-order valence-electron chi connectivity index (χ4n) is 2.69. The molecule has 1 atom stereocenters. The molecule has 18 heavy (non-hydrogen) atoms. The monoisotopic (exact) mass is 248 g/mol. The lowest BCUT2D eigenvalue weighted by atomic mass is 9.84. The second kappa shape index (κ2) is 6.79. The normalized spacial score (nSPS) is 18.6. The molecular weight excluding hydrogens is 224 g/mol. The fraction of sp³-hybridized carbons (Fsp3) is 0.625. The van der Waals surface area contributed by atoms with Crippen LogP contribution >= 0.6 is 0 Å². The molecule has 1 N–H and O–H groups in total. The van der Waals surface area contributed by atoms with Gasteiger partial charge in [-0.1, -0.05) is 37.0 Å². The van der Waals surface area contributed by atoms with Crippen molar-refractivity contribution in [3.05, 3.63) is 29.8 Å². The van der Waals surface area contributed by atoms with E-state index in [0.717, 1.165) is 12.2 Å². The first-order valence-corrected chi connectivity index (χ1v) is 7.13. The van der Waals surface area contributed by atoms with Crippen molar-refractivity contribution in [1.29, 1.82) is 0 Å². The molecule has 1 saturated carbocycles. The summed E-state index contributed by atoms with van der Waals surface area (Å²) in [6, 6.07) is 8.07. The van der Waals surface area contributed by atoms with Gasteiger partial charge in [-0.3, -0.25) is 0 Å². The lowest BCUT2D eigenvalue weighted by Gasteiger charge is -2.26. The van der Waals surface area contributed by atoms with Crippen molar-refractivity contribution >= 4 is 0 Å². The maximum absolute atomic E-state index is 10.1. The SMILES string of the molecule is Cc1ccc(OCCC(O)C2CCCCC2)cc1. The molecule has 1 fully saturated rings. The van der Waals surface area contributed by atoms with E-state index in [4.69, 9.17) is 4.74 Å².